The molecule has 3 nitrogen and oxygen atoms in total. The summed E-state index contributed by atoms with van der Waals surface area (Å²) in [5, 5.41) is 1.23. The molecule has 0 unspecified atom stereocenters. The van der Waals surface area contributed by atoms with Crippen molar-refractivity contribution in [2.45, 2.75) is 5.16 Å². The molecule has 0 spiro atoms. The fourth-order valence-electron chi connectivity index (χ4n) is 1.90. The topological polar surface area (TPSA) is 45.8 Å². The normalized spacial score (nSPS) is 10.8. The molecule has 0 bridgehead atoms. The molecule has 3 rings (SSSR count). The molecule has 0 saturated heterocycles. The van der Waals surface area contributed by atoms with Crippen LogP contribution in [0.1, 0.15) is 10.4 Å². The second kappa shape index (κ2) is 5.69. The lowest BCUT2D eigenvalue weighted by atomic mass is 10.1. The maximum Gasteiger partial charge on any atom is 0.174 e. The molecule has 0 amide bonds. The highest BCUT2D eigenvalue weighted by molar-refractivity contribution is 7.99. The summed E-state index contributed by atoms with van der Waals surface area (Å²) in [6.45, 7) is 0. The summed E-state index contributed by atoms with van der Waals surface area (Å²) >= 11 is 7.39. The van der Waals surface area contributed by atoms with E-state index in [1.54, 1.807) is 12.1 Å². The average molecular weight is 303 g/mol. The number of rotatable bonds is 4. The summed E-state index contributed by atoms with van der Waals surface area (Å²) in [7, 11) is 0. The Labute approximate surface area is 125 Å². The van der Waals surface area contributed by atoms with Gasteiger partial charge in [0.05, 0.1) is 21.8 Å². The van der Waals surface area contributed by atoms with Crippen molar-refractivity contribution < 1.29 is 4.79 Å². The number of imidazole rings is 1. The molecule has 100 valence electrons. The highest BCUT2D eigenvalue weighted by Crippen LogP contribution is 2.22. The molecule has 0 radical (unpaired) electrons. The number of ketones is 1. The van der Waals surface area contributed by atoms with Gasteiger partial charge in [-0.25, -0.2) is 4.98 Å². The number of hydrogen-bond acceptors (Lipinski definition) is 3. The Kier molecular flexibility index (Phi) is 3.76. The first kappa shape index (κ1) is 13.2. The lowest BCUT2D eigenvalue weighted by Crippen LogP contribution is -2.03. The van der Waals surface area contributed by atoms with E-state index in [2.05, 4.69) is 9.97 Å². The SMILES string of the molecule is O=C(CSc1nc2ccccc2[nH]1)c1ccccc1Cl. The second-order valence-electron chi connectivity index (χ2n) is 4.25. The molecule has 0 aliphatic heterocycles. The summed E-state index contributed by atoms with van der Waals surface area (Å²) in [6, 6.07) is 14.9. The summed E-state index contributed by atoms with van der Waals surface area (Å²) in [4.78, 5) is 19.7. The number of carbonyl (C=O) groups is 1. The van der Waals surface area contributed by atoms with Crippen LogP contribution < -0.4 is 0 Å². The van der Waals surface area contributed by atoms with E-state index in [1.807, 2.05) is 36.4 Å². The van der Waals surface area contributed by atoms with E-state index in [0.29, 0.717) is 16.3 Å². The molecule has 0 aliphatic rings. The third kappa shape index (κ3) is 2.71. The van der Waals surface area contributed by atoms with E-state index < -0.39 is 0 Å². The number of aromatic amines is 1. The van der Waals surface area contributed by atoms with E-state index in [0.717, 1.165) is 16.2 Å². The number of Topliss-reactive ketones (excluding diaryl/α,β-unsaturated/α-hetero) is 1. The molecule has 1 aromatic heterocycles. The van der Waals surface area contributed by atoms with Crippen LogP contribution in [0, 0.1) is 0 Å². The van der Waals surface area contributed by atoms with Gasteiger partial charge in [-0.1, -0.05) is 47.6 Å². The number of carbonyl (C=O) groups excluding carboxylic acids is 1. The average Bonchev–Trinajstić information content (AvgIpc) is 2.88. The Morgan fingerprint density at radius 3 is 2.70 bits per heavy atom. The molecule has 1 N–H and O–H groups in total. The Hall–Kier alpha value is -1.78. The Morgan fingerprint density at radius 1 is 1.15 bits per heavy atom. The van der Waals surface area contributed by atoms with Gasteiger partial charge in [0, 0.05) is 5.56 Å². The minimum Gasteiger partial charge on any atom is -0.333 e. The number of para-hydroxylation sites is 2. The van der Waals surface area contributed by atoms with Crippen LogP contribution in [-0.2, 0) is 0 Å². The van der Waals surface area contributed by atoms with Gasteiger partial charge in [0.2, 0.25) is 0 Å². The smallest absolute Gasteiger partial charge is 0.174 e. The van der Waals surface area contributed by atoms with E-state index in [9.17, 15) is 4.79 Å². The van der Waals surface area contributed by atoms with Gasteiger partial charge in [0.1, 0.15) is 0 Å². The zero-order valence-corrected chi connectivity index (χ0v) is 12.0. The number of H-pyrrole nitrogens is 1. The Morgan fingerprint density at radius 2 is 1.90 bits per heavy atom. The van der Waals surface area contributed by atoms with Crippen LogP contribution in [0.3, 0.4) is 0 Å². The zero-order chi connectivity index (χ0) is 13.9. The van der Waals surface area contributed by atoms with Crippen molar-refractivity contribution in [1.29, 1.82) is 0 Å². The van der Waals surface area contributed by atoms with Crippen LogP contribution in [-0.4, -0.2) is 21.5 Å². The standard InChI is InChI=1S/C15H11ClN2OS/c16-11-6-2-1-5-10(11)14(19)9-20-15-17-12-7-3-4-8-13(12)18-15/h1-8H,9H2,(H,17,18). The van der Waals surface area contributed by atoms with Gasteiger partial charge >= 0.3 is 0 Å². The number of thioether (sulfide) groups is 1. The lowest BCUT2D eigenvalue weighted by molar-refractivity contribution is 0.102. The summed E-state index contributed by atoms with van der Waals surface area (Å²) in [6.07, 6.45) is 0. The van der Waals surface area contributed by atoms with Gasteiger partial charge in [0.15, 0.2) is 10.9 Å². The monoisotopic (exact) mass is 302 g/mol. The fraction of sp³-hybridized carbons (Fsp3) is 0.0667. The predicted octanol–water partition coefficient (Wildman–Crippen LogP) is 4.19. The summed E-state index contributed by atoms with van der Waals surface area (Å²) in [5.41, 5.74) is 2.43. The van der Waals surface area contributed by atoms with Gasteiger partial charge in [-0.2, -0.15) is 0 Å². The number of hydrogen-bond donors (Lipinski definition) is 1. The van der Waals surface area contributed by atoms with Crippen LogP contribution in [0.15, 0.2) is 53.7 Å². The van der Waals surface area contributed by atoms with Crippen molar-refractivity contribution in [3.8, 4) is 0 Å². The van der Waals surface area contributed by atoms with Gasteiger partial charge in [-0.3, -0.25) is 4.79 Å². The largest absolute Gasteiger partial charge is 0.333 e. The van der Waals surface area contributed by atoms with Crippen LogP contribution in [0.4, 0.5) is 0 Å². The van der Waals surface area contributed by atoms with E-state index in [-0.39, 0.29) is 5.78 Å². The number of aromatic nitrogens is 2. The van der Waals surface area contributed by atoms with E-state index in [4.69, 9.17) is 11.6 Å². The second-order valence-corrected chi connectivity index (χ2v) is 5.62. The number of nitrogens with one attached hydrogen (secondary N) is 1. The predicted molar refractivity (Wildman–Crippen MR) is 82.6 cm³/mol. The first-order valence-electron chi connectivity index (χ1n) is 6.09. The molecular formula is C15H11ClN2OS. The van der Waals surface area contributed by atoms with Crippen LogP contribution in [0.2, 0.25) is 5.02 Å². The number of fused-ring (bicyclic) bond motifs is 1. The molecule has 0 saturated carbocycles. The quantitative estimate of drug-likeness (QED) is 0.580. The van der Waals surface area contributed by atoms with Gasteiger partial charge in [-0.15, -0.1) is 0 Å². The van der Waals surface area contributed by atoms with Crippen molar-refractivity contribution in [3.05, 3.63) is 59.1 Å². The number of benzene rings is 2. The Balaban J connectivity index is 1.73. The highest BCUT2D eigenvalue weighted by Gasteiger charge is 2.11. The number of halogens is 1. The first-order valence-corrected chi connectivity index (χ1v) is 7.45. The molecule has 0 fully saturated rings. The van der Waals surface area contributed by atoms with Crippen molar-refractivity contribution in [3.63, 3.8) is 0 Å². The fourth-order valence-corrected chi connectivity index (χ4v) is 2.91. The molecular weight excluding hydrogens is 292 g/mol. The van der Waals surface area contributed by atoms with Crippen LogP contribution in [0.25, 0.3) is 11.0 Å². The van der Waals surface area contributed by atoms with Crippen molar-refractivity contribution in [1.82, 2.24) is 9.97 Å². The molecule has 3 aromatic rings. The maximum atomic E-state index is 12.1. The van der Waals surface area contributed by atoms with Gasteiger partial charge in [0.25, 0.3) is 0 Å². The minimum absolute atomic E-state index is 0.000978. The minimum atomic E-state index is 0.000978. The zero-order valence-electron chi connectivity index (χ0n) is 10.5. The highest BCUT2D eigenvalue weighted by atomic mass is 35.5. The van der Waals surface area contributed by atoms with Gasteiger partial charge in [-0.05, 0) is 24.3 Å². The first-order chi connectivity index (χ1) is 9.74. The van der Waals surface area contributed by atoms with Crippen LogP contribution in [0.5, 0.6) is 0 Å². The van der Waals surface area contributed by atoms with Crippen molar-refractivity contribution in [2.75, 3.05) is 5.75 Å². The lowest BCUT2D eigenvalue weighted by Gasteiger charge is -2.01. The molecule has 1 heterocycles. The maximum absolute atomic E-state index is 12.1. The van der Waals surface area contributed by atoms with Crippen molar-refractivity contribution >= 4 is 40.2 Å². The molecule has 2 aromatic carbocycles. The van der Waals surface area contributed by atoms with Crippen molar-refractivity contribution in [2.24, 2.45) is 0 Å². The number of nitrogens with zero attached hydrogens (tertiary/aromatic N) is 1. The van der Waals surface area contributed by atoms with E-state index in [1.165, 1.54) is 11.8 Å². The summed E-state index contributed by atoms with van der Waals surface area (Å²) in [5.74, 6) is 0.310. The molecule has 0 atom stereocenters. The van der Waals surface area contributed by atoms with E-state index >= 15 is 0 Å². The molecule has 0 aliphatic carbocycles. The molecule has 5 heteroatoms. The third-order valence-electron chi connectivity index (χ3n) is 2.88. The van der Waals surface area contributed by atoms with Crippen LogP contribution >= 0.6 is 23.4 Å². The summed E-state index contributed by atoms with van der Waals surface area (Å²) < 4.78 is 0. The Bertz CT molecular complexity index is 736. The molecule has 20 heavy (non-hydrogen) atoms. The third-order valence-corrected chi connectivity index (χ3v) is 4.08. The van der Waals surface area contributed by atoms with Gasteiger partial charge < -0.3 is 4.98 Å².